The predicted molar refractivity (Wildman–Crippen MR) is 76.3 cm³/mol. The molecule has 0 saturated heterocycles. The van der Waals surface area contributed by atoms with Gasteiger partial charge in [0.1, 0.15) is 0 Å². The Balaban J connectivity index is 2.22. The van der Waals surface area contributed by atoms with E-state index >= 15 is 0 Å². The molecule has 0 fully saturated rings. The third kappa shape index (κ3) is 3.99. The van der Waals surface area contributed by atoms with Crippen molar-refractivity contribution in [1.29, 1.82) is 0 Å². The topological polar surface area (TPSA) is 20.2 Å². The minimum atomic E-state index is -4.37. The second-order valence-corrected chi connectivity index (χ2v) is 5.36. The van der Waals surface area contributed by atoms with Crippen LogP contribution in [-0.2, 0) is 12.6 Å². The second kappa shape index (κ2) is 6.08. The summed E-state index contributed by atoms with van der Waals surface area (Å²) in [6.45, 7) is 1.56. The Hall–Kier alpha value is -1.52. The highest BCUT2D eigenvalue weighted by Crippen LogP contribution is 2.32. The molecule has 1 N–H and O–H groups in total. The highest BCUT2D eigenvalue weighted by atomic mass is 35.5. The van der Waals surface area contributed by atoms with Crippen LogP contribution in [0.3, 0.4) is 0 Å². The molecule has 1 nitrogen and oxygen atoms in total. The molecule has 2 aromatic carbocycles. The fourth-order valence-electron chi connectivity index (χ4n) is 2.22. The van der Waals surface area contributed by atoms with Crippen LogP contribution in [0.15, 0.2) is 42.5 Å². The molecular formula is C16H14ClF3O. The maximum absolute atomic E-state index is 12.6. The number of aryl methyl sites for hydroxylation is 1. The molecule has 1 atom stereocenters. The van der Waals surface area contributed by atoms with Crippen molar-refractivity contribution in [3.8, 4) is 0 Å². The van der Waals surface area contributed by atoms with Crippen molar-refractivity contribution in [2.24, 2.45) is 0 Å². The summed E-state index contributed by atoms with van der Waals surface area (Å²) >= 11 is 5.87. The van der Waals surface area contributed by atoms with Crippen LogP contribution in [0, 0.1) is 6.92 Å². The molecule has 5 heteroatoms. The van der Waals surface area contributed by atoms with Crippen LogP contribution in [0.2, 0.25) is 5.02 Å². The van der Waals surface area contributed by atoms with Crippen LogP contribution in [0.4, 0.5) is 13.2 Å². The molecule has 0 radical (unpaired) electrons. The fraction of sp³-hybridized carbons (Fsp3) is 0.250. The lowest BCUT2D eigenvalue weighted by atomic mass is 9.96. The molecule has 0 aliphatic heterocycles. The van der Waals surface area contributed by atoms with Crippen LogP contribution >= 0.6 is 11.6 Å². The Morgan fingerprint density at radius 2 is 1.86 bits per heavy atom. The lowest BCUT2D eigenvalue weighted by molar-refractivity contribution is -0.137. The molecule has 0 aliphatic carbocycles. The molecule has 2 rings (SSSR count). The Morgan fingerprint density at radius 3 is 2.43 bits per heavy atom. The number of alkyl halides is 3. The van der Waals surface area contributed by atoms with Crippen molar-refractivity contribution in [3.63, 3.8) is 0 Å². The van der Waals surface area contributed by atoms with Crippen LogP contribution in [-0.4, -0.2) is 5.11 Å². The summed E-state index contributed by atoms with van der Waals surface area (Å²) in [7, 11) is 0. The van der Waals surface area contributed by atoms with Crippen molar-refractivity contribution in [3.05, 3.63) is 69.7 Å². The number of hydrogen-bond acceptors (Lipinski definition) is 1. The number of aliphatic hydroxyl groups is 1. The Morgan fingerprint density at radius 1 is 1.14 bits per heavy atom. The zero-order chi connectivity index (χ0) is 15.6. The second-order valence-electron chi connectivity index (χ2n) is 4.92. The van der Waals surface area contributed by atoms with Gasteiger partial charge in [0.15, 0.2) is 0 Å². The average Bonchev–Trinajstić information content (AvgIpc) is 2.37. The van der Waals surface area contributed by atoms with E-state index in [4.69, 9.17) is 11.6 Å². The van der Waals surface area contributed by atoms with Gasteiger partial charge in [-0.15, -0.1) is 0 Å². The van der Waals surface area contributed by atoms with E-state index in [0.717, 1.165) is 17.7 Å². The molecule has 0 spiro atoms. The van der Waals surface area contributed by atoms with Gasteiger partial charge >= 0.3 is 6.18 Å². The van der Waals surface area contributed by atoms with Crippen molar-refractivity contribution in [2.75, 3.05) is 0 Å². The summed E-state index contributed by atoms with van der Waals surface area (Å²) in [6, 6.07) is 10.4. The normalized spacial score (nSPS) is 13.2. The molecular weight excluding hydrogens is 301 g/mol. The zero-order valence-corrected chi connectivity index (χ0v) is 12.0. The number of aliphatic hydroxyl groups excluding tert-OH is 1. The first-order chi connectivity index (χ1) is 9.77. The molecule has 0 aliphatic rings. The monoisotopic (exact) mass is 314 g/mol. The lowest BCUT2D eigenvalue weighted by Crippen LogP contribution is -2.08. The third-order valence-electron chi connectivity index (χ3n) is 3.27. The summed E-state index contributed by atoms with van der Waals surface area (Å²) < 4.78 is 37.8. The van der Waals surface area contributed by atoms with Gasteiger partial charge < -0.3 is 5.11 Å². The minimum absolute atomic E-state index is 0.298. The van der Waals surface area contributed by atoms with Crippen LogP contribution in [0.1, 0.15) is 28.4 Å². The predicted octanol–water partition coefficient (Wildman–Crippen LogP) is 4.94. The highest BCUT2D eigenvalue weighted by molar-refractivity contribution is 6.30. The van der Waals surface area contributed by atoms with Crippen molar-refractivity contribution >= 4 is 11.6 Å². The number of benzene rings is 2. The van der Waals surface area contributed by atoms with E-state index in [2.05, 4.69) is 0 Å². The smallest absolute Gasteiger partial charge is 0.388 e. The maximum atomic E-state index is 12.6. The van der Waals surface area contributed by atoms with Gasteiger partial charge in [0, 0.05) is 11.4 Å². The highest BCUT2D eigenvalue weighted by Gasteiger charge is 2.31. The summed E-state index contributed by atoms with van der Waals surface area (Å²) in [5, 5.41) is 10.8. The number of halogens is 4. The molecule has 0 bridgehead atoms. The standard InChI is InChI=1S/C16H14ClF3O/c1-10-7-12(16(18,19)20)5-6-14(10)15(21)9-11-3-2-4-13(17)8-11/h2-8,15,21H,9H2,1H3. The molecule has 0 aromatic heterocycles. The molecule has 112 valence electrons. The van der Waals surface area contributed by atoms with Crippen molar-refractivity contribution in [2.45, 2.75) is 25.6 Å². The Labute approximate surface area is 126 Å². The molecule has 21 heavy (non-hydrogen) atoms. The summed E-state index contributed by atoms with van der Waals surface area (Å²) in [5.41, 5.74) is 1.02. The van der Waals surface area contributed by atoms with Gasteiger partial charge in [0.25, 0.3) is 0 Å². The number of rotatable bonds is 3. The van der Waals surface area contributed by atoms with E-state index in [1.165, 1.54) is 6.07 Å². The summed E-state index contributed by atoms with van der Waals surface area (Å²) in [6.07, 6.45) is -4.95. The molecule has 0 saturated carbocycles. The maximum Gasteiger partial charge on any atom is 0.416 e. The van der Waals surface area contributed by atoms with E-state index in [0.29, 0.717) is 22.6 Å². The Bertz CT molecular complexity index is 638. The molecule has 1 unspecified atom stereocenters. The van der Waals surface area contributed by atoms with E-state index in [9.17, 15) is 18.3 Å². The van der Waals surface area contributed by atoms with Gasteiger partial charge in [-0.25, -0.2) is 0 Å². The van der Waals surface area contributed by atoms with Crippen molar-refractivity contribution < 1.29 is 18.3 Å². The first-order valence-electron chi connectivity index (χ1n) is 6.37. The Kier molecular flexibility index (Phi) is 4.59. The van der Waals surface area contributed by atoms with Gasteiger partial charge in [0.2, 0.25) is 0 Å². The van der Waals surface area contributed by atoms with Crippen molar-refractivity contribution in [1.82, 2.24) is 0 Å². The quantitative estimate of drug-likeness (QED) is 0.850. The summed E-state index contributed by atoms with van der Waals surface area (Å²) in [4.78, 5) is 0. The fourth-order valence-corrected chi connectivity index (χ4v) is 2.44. The van der Waals surface area contributed by atoms with Gasteiger partial charge in [-0.05, 0) is 47.9 Å². The van der Waals surface area contributed by atoms with Gasteiger partial charge in [-0.2, -0.15) is 13.2 Å². The molecule has 0 amide bonds. The lowest BCUT2D eigenvalue weighted by Gasteiger charge is -2.16. The van der Waals surface area contributed by atoms with Gasteiger partial charge in [-0.1, -0.05) is 29.8 Å². The third-order valence-corrected chi connectivity index (χ3v) is 3.51. The first-order valence-corrected chi connectivity index (χ1v) is 6.75. The van der Waals surface area contributed by atoms with E-state index in [1.807, 2.05) is 6.07 Å². The SMILES string of the molecule is Cc1cc(C(F)(F)F)ccc1C(O)Cc1cccc(Cl)c1. The first kappa shape index (κ1) is 15.9. The average molecular weight is 315 g/mol. The van der Waals surface area contributed by atoms with E-state index in [-0.39, 0.29) is 0 Å². The minimum Gasteiger partial charge on any atom is -0.388 e. The van der Waals surface area contributed by atoms with Crippen LogP contribution in [0.25, 0.3) is 0 Å². The van der Waals surface area contributed by atoms with Gasteiger partial charge in [-0.3, -0.25) is 0 Å². The van der Waals surface area contributed by atoms with Crippen LogP contribution < -0.4 is 0 Å². The molecule has 2 aromatic rings. The summed E-state index contributed by atoms with van der Waals surface area (Å²) in [5.74, 6) is 0. The van der Waals surface area contributed by atoms with Crippen LogP contribution in [0.5, 0.6) is 0 Å². The zero-order valence-electron chi connectivity index (χ0n) is 11.3. The van der Waals surface area contributed by atoms with Gasteiger partial charge in [0.05, 0.1) is 11.7 Å². The molecule has 0 heterocycles. The largest absolute Gasteiger partial charge is 0.416 e. The van der Waals surface area contributed by atoms with E-state index < -0.39 is 17.8 Å². The van der Waals surface area contributed by atoms with E-state index in [1.54, 1.807) is 25.1 Å². The number of hydrogen-bond donors (Lipinski definition) is 1.